The molecule has 0 radical (unpaired) electrons. The first kappa shape index (κ1) is 16.9. The van der Waals surface area contributed by atoms with Crippen LogP contribution in [0.4, 0.5) is 0 Å². The minimum absolute atomic E-state index is 0.0591. The van der Waals surface area contributed by atoms with Gasteiger partial charge in [0.2, 0.25) is 0 Å². The normalized spacial score (nSPS) is 10.8. The van der Waals surface area contributed by atoms with Gasteiger partial charge in [0.1, 0.15) is 17.2 Å². The number of para-hydroxylation sites is 1. The van der Waals surface area contributed by atoms with Gasteiger partial charge in [-0.1, -0.05) is 36.4 Å². The van der Waals surface area contributed by atoms with Crippen molar-refractivity contribution in [2.75, 3.05) is 0 Å². The molecule has 4 nitrogen and oxygen atoms in total. The van der Waals surface area contributed by atoms with Crippen molar-refractivity contribution >= 4 is 0 Å². The van der Waals surface area contributed by atoms with Crippen LogP contribution in [0.5, 0.6) is 17.2 Å². The van der Waals surface area contributed by atoms with E-state index in [9.17, 15) is 20.4 Å². The molecule has 0 aliphatic rings. The van der Waals surface area contributed by atoms with Gasteiger partial charge in [0.15, 0.2) is 0 Å². The van der Waals surface area contributed by atoms with Crippen LogP contribution in [0, 0.1) is 0 Å². The summed E-state index contributed by atoms with van der Waals surface area (Å²) >= 11 is 0. The summed E-state index contributed by atoms with van der Waals surface area (Å²) < 4.78 is 0. The molecule has 4 N–H and O–H groups in total. The Bertz CT molecular complexity index is 887. The molecule has 128 valence electrons. The molecule has 0 aliphatic heterocycles. The number of phenolic OH excluding ortho intramolecular Hbond substituents is 2. The van der Waals surface area contributed by atoms with E-state index in [1.807, 2.05) is 24.3 Å². The number of benzene rings is 3. The average Bonchev–Trinajstić information content (AvgIpc) is 2.61. The second-order valence-corrected chi connectivity index (χ2v) is 6.07. The molecule has 3 aromatic carbocycles. The topological polar surface area (TPSA) is 80.9 Å². The Balaban J connectivity index is 1.86. The second kappa shape index (κ2) is 7.28. The predicted octanol–water partition coefficient (Wildman–Crippen LogP) is 3.48. The zero-order valence-electron chi connectivity index (χ0n) is 13.7. The van der Waals surface area contributed by atoms with Crippen LogP contribution in [0.1, 0.15) is 27.8 Å². The lowest BCUT2D eigenvalue weighted by molar-refractivity contribution is 0.275. The molecule has 0 spiro atoms. The number of hydrogen-bond donors (Lipinski definition) is 4. The lowest BCUT2D eigenvalue weighted by Gasteiger charge is -2.10. The quantitative estimate of drug-likeness (QED) is 0.575. The van der Waals surface area contributed by atoms with Gasteiger partial charge in [-0.25, -0.2) is 0 Å². The number of rotatable bonds is 5. The summed E-state index contributed by atoms with van der Waals surface area (Å²) in [5.74, 6) is 0.506. The molecule has 0 saturated heterocycles. The first-order valence-electron chi connectivity index (χ1n) is 8.06. The fourth-order valence-electron chi connectivity index (χ4n) is 2.87. The summed E-state index contributed by atoms with van der Waals surface area (Å²) in [6.45, 7) is -0.237. The molecule has 0 heterocycles. The minimum atomic E-state index is -0.237. The fourth-order valence-corrected chi connectivity index (χ4v) is 2.87. The van der Waals surface area contributed by atoms with Crippen LogP contribution in [-0.2, 0) is 19.4 Å². The van der Waals surface area contributed by atoms with Crippen molar-refractivity contribution in [3.63, 3.8) is 0 Å². The summed E-state index contributed by atoms with van der Waals surface area (Å²) in [5.41, 5.74) is 3.91. The molecular formula is C21H20O4. The summed E-state index contributed by atoms with van der Waals surface area (Å²) in [6.07, 6.45) is 1.05. The monoisotopic (exact) mass is 336 g/mol. The molecule has 0 saturated carbocycles. The van der Waals surface area contributed by atoms with E-state index in [0.717, 1.165) is 22.3 Å². The molecular weight excluding hydrogens is 316 g/mol. The molecule has 0 amide bonds. The van der Waals surface area contributed by atoms with E-state index in [-0.39, 0.29) is 23.9 Å². The predicted molar refractivity (Wildman–Crippen MR) is 95.9 cm³/mol. The summed E-state index contributed by atoms with van der Waals surface area (Å²) in [7, 11) is 0. The third kappa shape index (κ3) is 3.92. The van der Waals surface area contributed by atoms with Crippen molar-refractivity contribution in [2.24, 2.45) is 0 Å². The number of phenols is 3. The largest absolute Gasteiger partial charge is 0.508 e. The fraction of sp³-hybridized carbons (Fsp3) is 0.143. The van der Waals surface area contributed by atoms with Crippen LogP contribution in [-0.4, -0.2) is 20.4 Å². The molecule has 0 aromatic heterocycles. The Hall–Kier alpha value is -2.98. The van der Waals surface area contributed by atoms with Gasteiger partial charge in [0, 0.05) is 18.4 Å². The number of aliphatic hydroxyl groups excluding tert-OH is 1. The SMILES string of the molecule is OCc1cc(Cc2cc(Cc3ccccc3O)ccc2O)ccc1O. The molecule has 0 atom stereocenters. The van der Waals surface area contributed by atoms with Crippen LogP contribution >= 0.6 is 0 Å². The smallest absolute Gasteiger partial charge is 0.121 e. The Labute approximate surface area is 146 Å². The number of aliphatic hydroxyl groups is 1. The van der Waals surface area contributed by atoms with Crippen molar-refractivity contribution < 1.29 is 20.4 Å². The maximum Gasteiger partial charge on any atom is 0.121 e. The van der Waals surface area contributed by atoms with Crippen LogP contribution in [0.15, 0.2) is 60.7 Å². The van der Waals surface area contributed by atoms with Crippen LogP contribution in [0.25, 0.3) is 0 Å². The molecule has 0 bridgehead atoms. The van der Waals surface area contributed by atoms with E-state index in [2.05, 4.69) is 0 Å². The van der Waals surface area contributed by atoms with Crippen molar-refractivity contribution in [1.29, 1.82) is 0 Å². The molecule has 0 unspecified atom stereocenters. The lowest BCUT2D eigenvalue weighted by Crippen LogP contribution is -1.95. The Morgan fingerprint density at radius 2 is 1.08 bits per heavy atom. The highest BCUT2D eigenvalue weighted by Crippen LogP contribution is 2.27. The molecule has 4 heteroatoms. The zero-order valence-corrected chi connectivity index (χ0v) is 13.7. The third-order valence-corrected chi connectivity index (χ3v) is 4.24. The maximum atomic E-state index is 10.1. The molecule has 3 rings (SSSR count). The second-order valence-electron chi connectivity index (χ2n) is 6.07. The highest BCUT2D eigenvalue weighted by molar-refractivity contribution is 5.44. The van der Waals surface area contributed by atoms with Crippen molar-refractivity contribution in [3.05, 3.63) is 88.5 Å². The van der Waals surface area contributed by atoms with E-state index in [4.69, 9.17) is 0 Å². The van der Waals surface area contributed by atoms with Gasteiger partial charge in [-0.15, -0.1) is 0 Å². The van der Waals surface area contributed by atoms with Gasteiger partial charge in [-0.3, -0.25) is 0 Å². The van der Waals surface area contributed by atoms with Gasteiger partial charge in [-0.05, 0) is 46.5 Å². The first-order chi connectivity index (χ1) is 12.1. The summed E-state index contributed by atoms with van der Waals surface area (Å²) in [6, 6.07) is 17.6. The van der Waals surface area contributed by atoms with Gasteiger partial charge in [-0.2, -0.15) is 0 Å². The van der Waals surface area contributed by atoms with Crippen molar-refractivity contribution in [3.8, 4) is 17.2 Å². The molecule has 0 aliphatic carbocycles. The highest BCUT2D eigenvalue weighted by Gasteiger charge is 2.09. The van der Waals surface area contributed by atoms with Gasteiger partial charge < -0.3 is 20.4 Å². The Kier molecular flexibility index (Phi) is 4.91. The third-order valence-electron chi connectivity index (χ3n) is 4.24. The molecule has 0 fully saturated rings. The Morgan fingerprint density at radius 1 is 0.560 bits per heavy atom. The average molecular weight is 336 g/mol. The van der Waals surface area contributed by atoms with E-state index in [1.165, 1.54) is 0 Å². The van der Waals surface area contributed by atoms with E-state index in [1.54, 1.807) is 36.4 Å². The Morgan fingerprint density at radius 3 is 1.72 bits per heavy atom. The summed E-state index contributed by atoms with van der Waals surface area (Å²) in [4.78, 5) is 0. The number of aromatic hydroxyl groups is 3. The lowest BCUT2D eigenvalue weighted by atomic mass is 9.97. The van der Waals surface area contributed by atoms with Crippen LogP contribution < -0.4 is 0 Å². The highest BCUT2D eigenvalue weighted by atomic mass is 16.3. The van der Waals surface area contributed by atoms with Gasteiger partial charge in [0.05, 0.1) is 6.61 Å². The molecule has 25 heavy (non-hydrogen) atoms. The maximum absolute atomic E-state index is 10.1. The minimum Gasteiger partial charge on any atom is -0.508 e. The number of hydrogen-bond acceptors (Lipinski definition) is 4. The molecule has 3 aromatic rings. The van der Waals surface area contributed by atoms with Gasteiger partial charge in [0.25, 0.3) is 0 Å². The van der Waals surface area contributed by atoms with E-state index >= 15 is 0 Å². The first-order valence-corrected chi connectivity index (χ1v) is 8.06. The van der Waals surface area contributed by atoms with E-state index < -0.39 is 0 Å². The van der Waals surface area contributed by atoms with Crippen LogP contribution in [0.2, 0.25) is 0 Å². The van der Waals surface area contributed by atoms with Crippen molar-refractivity contribution in [1.82, 2.24) is 0 Å². The van der Waals surface area contributed by atoms with Gasteiger partial charge >= 0.3 is 0 Å². The van der Waals surface area contributed by atoms with E-state index in [0.29, 0.717) is 18.4 Å². The summed E-state index contributed by atoms with van der Waals surface area (Å²) in [5, 5.41) is 39.0. The van der Waals surface area contributed by atoms with Crippen LogP contribution in [0.3, 0.4) is 0 Å². The zero-order chi connectivity index (χ0) is 17.8. The van der Waals surface area contributed by atoms with Crippen molar-refractivity contribution in [2.45, 2.75) is 19.4 Å². The standard InChI is InChI=1S/C21H20O4/c22-13-18-12-15(6-8-21(18)25)11-17-10-14(5-7-20(17)24)9-16-3-1-2-4-19(16)23/h1-8,10,12,22-25H,9,11,13H2.